The van der Waals surface area contributed by atoms with Gasteiger partial charge in [0.2, 0.25) is 11.8 Å². The Morgan fingerprint density at radius 3 is 2.31 bits per heavy atom. The molecule has 0 aliphatic carbocycles. The average Bonchev–Trinajstić information content (AvgIpc) is 3.78. The number of anilines is 1. The SMILES string of the molecule is C=CCCC(=O)N[C@@H](C)[C@H](OC(=O)[C@@H]1[C@H]2O[C@@]3(CC2Br)[C@H](C(=O)N(CC=C)c2c(C)cccc2C)N([C@@H](CO)Cc2ccccc2)C(=O)[C@@H]13)c1ccccc1. The summed E-state index contributed by atoms with van der Waals surface area (Å²) in [6, 6.07) is 21.8. The lowest BCUT2D eigenvalue weighted by Gasteiger charge is -2.40. The summed E-state index contributed by atoms with van der Waals surface area (Å²) in [7, 11) is 0. The first-order chi connectivity index (χ1) is 26.5. The molecule has 3 amide bonds. The predicted octanol–water partition coefficient (Wildman–Crippen LogP) is 5.93. The van der Waals surface area contributed by atoms with Gasteiger partial charge in [-0.2, -0.15) is 0 Å². The molecule has 3 heterocycles. The van der Waals surface area contributed by atoms with Crippen LogP contribution in [0.5, 0.6) is 0 Å². The van der Waals surface area contributed by atoms with E-state index in [2.05, 4.69) is 34.4 Å². The zero-order valence-corrected chi connectivity index (χ0v) is 33.2. The Morgan fingerprint density at radius 1 is 1.04 bits per heavy atom. The molecule has 6 rings (SSSR count). The number of carbonyl (C=O) groups excluding carboxylic acids is 4. The minimum Gasteiger partial charge on any atom is -0.455 e. The summed E-state index contributed by atoms with van der Waals surface area (Å²) in [4.78, 5) is 60.7. The third-order valence-electron chi connectivity index (χ3n) is 11.2. The predicted molar refractivity (Wildman–Crippen MR) is 214 cm³/mol. The molecule has 10 nitrogen and oxygen atoms in total. The fourth-order valence-corrected chi connectivity index (χ4v) is 9.83. The van der Waals surface area contributed by atoms with Crippen molar-refractivity contribution in [3.8, 4) is 0 Å². The van der Waals surface area contributed by atoms with Gasteiger partial charge in [0.1, 0.15) is 17.7 Å². The number of aliphatic hydroxyl groups is 1. The van der Waals surface area contributed by atoms with Gasteiger partial charge in [0.05, 0.1) is 36.6 Å². The first-order valence-electron chi connectivity index (χ1n) is 18.9. The third-order valence-corrected chi connectivity index (χ3v) is 12.1. The lowest BCUT2D eigenvalue weighted by atomic mass is 9.70. The molecule has 3 aromatic carbocycles. The fraction of sp³-hybridized carbons (Fsp3) is 0.409. The summed E-state index contributed by atoms with van der Waals surface area (Å²) in [5.74, 6) is -3.85. The number of nitrogens with zero attached hydrogens (tertiary/aromatic N) is 2. The zero-order chi connectivity index (χ0) is 39.4. The molecule has 55 heavy (non-hydrogen) atoms. The molecular formula is C44H50BrN3O7. The second-order valence-electron chi connectivity index (χ2n) is 14.9. The van der Waals surface area contributed by atoms with Crippen molar-refractivity contribution in [1.82, 2.24) is 10.2 Å². The summed E-state index contributed by atoms with van der Waals surface area (Å²) in [5, 5.41) is 13.9. The highest BCUT2D eigenvalue weighted by atomic mass is 79.9. The van der Waals surface area contributed by atoms with Crippen LogP contribution in [0.25, 0.3) is 0 Å². The van der Waals surface area contributed by atoms with E-state index in [1.165, 1.54) is 4.90 Å². The molecule has 0 aromatic heterocycles. The number of alkyl halides is 1. The molecule has 0 saturated carbocycles. The molecule has 3 aliphatic heterocycles. The van der Waals surface area contributed by atoms with Crippen LogP contribution in [0, 0.1) is 25.7 Å². The van der Waals surface area contributed by atoms with Gasteiger partial charge in [-0.15, -0.1) is 13.2 Å². The fourth-order valence-electron chi connectivity index (χ4n) is 8.89. The molecule has 3 saturated heterocycles. The minimum absolute atomic E-state index is 0.161. The van der Waals surface area contributed by atoms with Gasteiger partial charge < -0.3 is 29.7 Å². The molecule has 3 fully saturated rings. The molecule has 9 atom stereocenters. The second kappa shape index (κ2) is 17.1. The number of carbonyl (C=O) groups is 4. The molecule has 3 aromatic rings. The number of fused-ring (bicyclic) bond motifs is 1. The molecule has 2 N–H and O–H groups in total. The highest BCUT2D eigenvalue weighted by molar-refractivity contribution is 9.09. The number of nitrogens with one attached hydrogen (secondary N) is 1. The van der Waals surface area contributed by atoms with Gasteiger partial charge >= 0.3 is 5.97 Å². The lowest BCUT2D eigenvalue weighted by molar-refractivity contribution is -0.162. The quantitative estimate of drug-likeness (QED) is 0.104. The molecule has 1 spiro atoms. The van der Waals surface area contributed by atoms with Crippen LogP contribution in [0.2, 0.25) is 0 Å². The maximum absolute atomic E-state index is 15.4. The van der Waals surface area contributed by atoms with Crippen molar-refractivity contribution in [3.63, 3.8) is 0 Å². The van der Waals surface area contributed by atoms with E-state index in [1.807, 2.05) is 92.7 Å². The van der Waals surface area contributed by atoms with Gasteiger partial charge in [-0.3, -0.25) is 19.2 Å². The summed E-state index contributed by atoms with van der Waals surface area (Å²) in [5.41, 5.74) is 2.59. The van der Waals surface area contributed by atoms with E-state index in [-0.39, 0.29) is 42.4 Å². The first kappa shape index (κ1) is 40.1. The van der Waals surface area contributed by atoms with E-state index in [0.29, 0.717) is 17.7 Å². The van der Waals surface area contributed by atoms with Crippen molar-refractivity contribution in [3.05, 3.63) is 126 Å². The van der Waals surface area contributed by atoms with Crippen LogP contribution in [0.15, 0.2) is 104 Å². The summed E-state index contributed by atoms with van der Waals surface area (Å²) in [6.07, 6.45) is 2.94. The number of esters is 1. The number of allylic oxidation sites excluding steroid dienone is 1. The molecule has 290 valence electrons. The summed E-state index contributed by atoms with van der Waals surface area (Å²) < 4.78 is 13.2. The Hall–Kier alpha value is -4.58. The van der Waals surface area contributed by atoms with Crippen molar-refractivity contribution in [2.75, 3.05) is 18.1 Å². The zero-order valence-electron chi connectivity index (χ0n) is 31.6. The standard InChI is InChI=1S/C44H50BrN3O7/c1-6-8-22-34(50)46-29(5)38(31-20-13-10-14-21-31)54-43(53)35-36-41(51)48(32(26-49)24-30-18-11-9-12-19-30)40(44(36)25-33(45)39(35)55-44)42(52)47(23-7-2)37-27(3)16-15-17-28(37)4/h6-7,9-21,29,32-33,35-36,38-40,49H,1-2,8,22-26H2,3-5H3,(H,46,50)/t29-,32+,33?,35-,36+,38-,39-,40-,44+/m0/s1. The van der Waals surface area contributed by atoms with Gasteiger partial charge in [0, 0.05) is 23.5 Å². The highest BCUT2D eigenvalue weighted by Crippen LogP contribution is 2.61. The van der Waals surface area contributed by atoms with E-state index < -0.39 is 66.3 Å². The van der Waals surface area contributed by atoms with Crippen LogP contribution in [-0.2, 0) is 35.1 Å². The van der Waals surface area contributed by atoms with Crippen LogP contribution in [0.4, 0.5) is 5.69 Å². The average molecular weight is 813 g/mol. The van der Waals surface area contributed by atoms with Crippen molar-refractivity contribution in [2.45, 2.75) is 87.2 Å². The number of ether oxygens (including phenoxy) is 2. The van der Waals surface area contributed by atoms with Gasteiger partial charge in [-0.25, -0.2) is 0 Å². The largest absolute Gasteiger partial charge is 0.455 e. The van der Waals surface area contributed by atoms with Gasteiger partial charge in [0.15, 0.2) is 0 Å². The Labute approximate surface area is 331 Å². The second-order valence-corrected chi connectivity index (χ2v) is 16.0. The third kappa shape index (κ3) is 7.66. The monoisotopic (exact) mass is 811 g/mol. The smallest absolute Gasteiger partial charge is 0.313 e. The lowest BCUT2D eigenvalue weighted by Crippen LogP contribution is -2.59. The minimum atomic E-state index is -1.41. The van der Waals surface area contributed by atoms with E-state index in [0.717, 1.165) is 16.7 Å². The van der Waals surface area contributed by atoms with E-state index in [1.54, 1.807) is 24.0 Å². The number of likely N-dealkylation sites (tertiary alicyclic amines) is 1. The molecule has 0 radical (unpaired) electrons. The van der Waals surface area contributed by atoms with Gasteiger partial charge in [0.25, 0.3) is 5.91 Å². The normalized spacial score (nSPS) is 25.4. The first-order valence-corrected chi connectivity index (χ1v) is 19.8. The van der Waals surface area contributed by atoms with Crippen LogP contribution in [0.1, 0.15) is 54.5 Å². The van der Waals surface area contributed by atoms with Gasteiger partial charge in [-0.1, -0.05) is 107 Å². The number of para-hydroxylation sites is 1. The van der Waals surface area contributed by atoms with Crippen molar-refractivity contribution in [2.24, 2.45) is 11.8 Å². The number of rotatable bonds is 16. The highest BCUT2D eigenvalue weighted by Gasteiger charge is 2.77. The maximum atomic E-state index is 15.4. The Kier molecular flexibility index (Phi) is 12.4. The summed E-state index contributed by atoms with van der Waals surface area (Å²) >= 11 is 3.77. The molecular weight excluding hydrogens is 762 g/mol. The summed E-state index contributed by atoms with van der Waals surface area (Å²) in [6.45, 7) is 13.0. The van der Waals surface area contributed by atoms with Crippen LogP contribution >= 0.6 is 15.9 Å². The van der Waals surface area contributed by atoms with E-state index >= 15 is 9.59 Å². The van der Waals surface area contributed by atoms with Crippen molar-refractivity contribution in [1.29, 1.82) is 0 Å². The number of aryl methyl sites for hydroxylation is 2. The van der Waals surface area contributed by atoms with Crippen molar-refractivity contribution < 1.29 is 33.8 Å². The Bertz CT molecular complexity index is 1890. The maximum Gasteiger partial charge on any atom is 0.313 e. The van der Waals surface area contributed by atoms with Crippen LogP contribution in [0.3, 0.4) is 0 Å². The van der Waals surface area contributed by atoms with Crippen molar-refractivity contribution >= 4 is 45.3 Å². The van der Waals surface area contributed by atoms with Crippen LogP contribution in [-0.4, -0.2) is 81.5 Å². The number of benzene rings is 3. The molecule has 1 unspecified atom stereocenters. The number of aliphatic hydroxyl groups excluding tert-OH is 1. The molecule has 11 heteroatoms. The molecule has 2 bridgehead atoms. The number of halogens is 1. The number of hydrogen-bond donors (Lipinski definition) is 2. The Morgan fingerprint density at radius 2 is 1.69 bits per heavy atom. The topological polar surface area (TPSA) is 125 Å². The van der Waals surface area contributed by atoms with Crippen LogP contribution < -0.4 is 10.2 Å². The number of amides is 3. The van der Waals surface area contributed by atoms with E-state index in [9.17, 15) is 14.7 Å². The number of hydrogen-bond acceptors (Lipinski definition) is 7. The van der Waals surface area contributed by atoms with E-state index in [4.69, 9.17) is 9.47 Å². The Balaban J connectivity index is 1.42. The molecule has 3 aliphatic rings. The van der Waals surface area contributed by atoms with Gasteiger partial charge in [-0.05, 0) is 62.3 Å².